The topological polar surface area (TPSA) is 146 Å². The molecule has 4 aromatic carbocycles. The van der Waals surface area contributed by atoms with Crippen molar-refractivity contribution in [2.75, 3.05) is 35.4 Å². The Kier molecular flexibility index (Phi) is 12.4. The van der Waals surface area contributed by atoms with Gasteiger partial charge in [0.25, 0.3) is 11.1 Å². The van der Waals surface area contributed by atoms with Crippen molar-refractivity contribution in [3.63, 3.8) is 0 Å². The Balaban J connectivity index is 1.18. The van der Waals surface area contributed by atoms with Crippen molar-refractivity contribution in [3.05, 3.63) is 118 Å². The molecule has 272 valence electrons. The number of amides is 2. The maximum Gasteiger partial charge on any atom is 0.262 e. The van der Waals surface area contributed by atoms with Gasteiger partial charge in [-0.1, -0.05) is 47.8 Å². The average molecular weight is 751 g/mol. The summed E-state index contributed by atoms with van der Waals surface area (Å²) < 4.78 is 14.0. The van der Waals surface area contributed by atoms with Crippen LogP contribution in [0.25, 0.3) is 21.8 Å². The highest BCUT2D eigenvalue weighted by Crippen LogP contribution is 2.23. The van der Waals surface area contributed by atoms with E-state index in [2.05, 4.69) is 10.6 Å². The number of rotatable bonds is 16. The van der Waals surface area contributed by atoms with Crippen LogP contribution >= 0.6 is 23.5 Å². The second-order valence-electron chi connectivity index (χ2n) is 11.7. The molecule has 0 aliphatic rings. The Morgan fingerprint density at radius 3 is 1.40 bits per heavy atom. The molecule has 2 aromatic heterocycles. The van der Waals surface area contributed by atoms with Gasteiger partial charge in [0, 0.05) is 24.5 Å². The molecule has 2 amide bonds. The van der Waals surface area contributed by atoms with Crippen molar-refractivity contribution in [1.29, 1.82) is 0 Å². The number of nitrogens with one attached hydrogen (secondary N) is 2. The molecule has 0 radical (unpaired) electrons. The number of hydrogen-bond donors (Lipinski definition) is 2. The fraction of sp³-hybridized carbons (Fsp3) is 0.231. The average Bonchev–Trinajstić information content (AvgIpc) is 3.17. The monoisotopic (exact) mass is 750 g/mol. The quantitative estimate of drug-likeness (QED) is 0.0836. The summed E-state index contributed by atoms with van der Waals surface area (Å²) in [4.78, 5) is 62.9. The number of benzene rings is 4. The first kappa shape index (κ1) is 37.2. The third-order valence-electron chi connectivity index (χ3n) is 7.98. The molecule has 0 aliphatic heterocycles. The number of fused-ring (bicyclic) bond motifs is 2. The predicted molar refractivity (Wildman–Crippen MR) is 211 cm³/mol. The number of aromatic nitrogens is 4. The molecule has 0 unspecified atom stereocenters. The van der Waals surface area contributed by atoms with Crippen LogP contribution in [0.2, 0.25) is 0 Å². The van der Waals surface area contributed by atoms with Crippen LogP contribution in [-0.4, -0.2) is 55.6 Å². The van der Waals surface area contributed by atoms with Crippen molar-refractivity contribution < 1.29 is 19.1 Å². The van der Waals surface area contributed by atoms with Crippen LogP contribution in [0.3, 0.4) is 0 Å². The van der Waals surface area contributed by atoms with E-state index in [-0.39, 0.29) is 47.5 Å². The molecule has 0 aliphatic carbocycles. The Labute approximate surface area is 313 Å². The molecule has 2 heterocycles. The molecule has 6 rings (SSSR count). The molecule has 2 N–H and O–H groups in total. The standard InChI is InChI=1S/C39H38N6O6S2/c1-3-50-28-18-14-26(15-19-28)40-34(46)24-52-38-42-32-12-7-5-10-30(32)36(48)44(38)22-9-23-45-37(49)31-11-6-8-13-33(31)43-39(45)53-25-35(47)41-27-16-20-29(21-17-27)51-4-2/h5-8,10-21H,3-4,9,22-25H2,1-2H3,(H,40,46)(H,41,47). The maximum atomic E-state index is 13.8. The molecular formula is C39H38N6O6S2. The number of hydrogen-bond acceptors (Lipinski definition) is 10. The van der Waals surface area contributed by atoms with Gasteiger partial charge in [-0.15, -0.1) is 0 Å². The van der Waals surface area contributed by atoms with Crippen LogP contribution in [-0.2, 0) is 22.7 Å². The van der Waals surface area contributed by atoms with Gasteiger partial charge in [0.05, 0.1) is 46.5 Å². The van der Waals surface area contributed by atoms with E-state index in [1.165, 1.54) is 0 Å². The lowest BCUT2D eigenvalue weighted by molar-refractivity contribution is -0.114. The lowest BCUT2D eigenvalue weighted by Gasteiger charge is -2.16. The van der Waals surface area contributed by atoms with Gasteiger partial charge in [0.1, 0.15) is 11.5 Å². The van der Waals surface area contributed by atoms with E-state index in [0.717, 1.165) is 23.5 Å². The van der Waals surface area contributed by atoms with Crippen LogP contribution in [0.1, 0.15) is 20.3 Å². The first-order valence-electron chi connectivity index (χ1n) is 17.1. The minimum absolute atomic E-state index is 0.0194. The molecule has 12 nitrogen and oxygen atoms in total. The van der Waals surface area contributed by atoms with Gasteiger partial charge >= 0.3 is 0 Å². The summed E-state index contributed by atoms with van der Waals surface area (Å²) in [6, 6.07) is 28.4. The van der Waals surface area contributed by atoms with E-state index in [4.69, 9.17) is 19.4 Å². The van der Waals surface area contributed by atoms with Crippen LogP contribution in [0.15, 0.2) is 117 Å². The fourth-order valence-electron chi connectivity index (χ4n) is 5.55. The Hall–Kier alpha value is -5.60. The number of carbonyl (C=O) groups excluding carboxylic acids is 2. The molecule has 14 heteroatoms. The number of nitrogens with zero attached hydrogens (tertiary/aromatic N) is 4. The normalized spacial score (nSPS) is 11.1. The predicted octanol–water partition coefficient (Wildman–Crippen LogP) is 6.46. The van der Waals surface area contributed by atoms with Crippen molar-refractivity contribution in [1.82, 2.24) is 19.1 Å². The zero-order valence-electron chi connectivity index (χ0n) is 29.2. The van der Waals surface area contributed by atoms with E-state index < -0.39 is 0 Å². The highest BCUT2D eigenvalue weighted by atomic mass is 32.2. The summed E-state index contributed by atoms with van der Waals surface area (Å²) in [5.74, 6) is 0.951. The van der Waals surface area contributed by atoms with Gasteiger partial charge in [0.2, 0.25) is 11.8 Å². The summed E-state index contributed by atoms with van der Waals surface area (Å²) in [5, 5.41) is 7.43. The Morgan fingerprint density at radius 2 is 1.00 bits per heavy atom. The summed E-state index contributed by atoms with van der Waals surface area (Å²) in [7, 11) is 0. The van der Waals surface area contributed by atoms with Crippen molar-refractivity contribution in [2.24, 2.45) is 0 Å². The number of para-hydroxylation sites is 2. The van der Waals surface area contributed by atoms with Crippen molar-refractivity contribution in [3.8, 4) is 11.5 Å². The molecule has 0 saturated carbocycles. The number of ether oxygens (including phenoxy) is 2. The first-order valence-corrected chi connectivity index (χ1v) is 19.1. The minimum Gasteiger partial charge on any atom is -0.494 e. The SMILES string of the molecule is CCOc1ccc(NC(=O)CSc2nc3ccccc3c(=O)n2CCCn2c(SCC(=O)Nc3ccc(OCC)cc3)nc3ccccc3c2=O)cc1. The maximum absolute atomic E-state index is 13.8. The molecule has 53 heavy (non-hydrogen) atoms. The largest absolute Gasteiger partial charge is 0.494 e. The molecule has 0 spiro atoms. The van der Waals surface area contributed by atoms with E-state index in [9.17, 15) is 19.2 Å². The van der Waals surface area contributed by atoms with Crippen molar-refractivity contribution >= 4 is 68.5 Å². The van der Waals surface area contributed by atoms with E-state index in [1.54, 1.807) is 94.1 Å². The number of thioether (sulfide) groups is 2. The Morgan fingerprint density at radius 1 is 0.604 bits per heavy atom. The molecule has 0 bridgehead atoms. The molecular weight excluding hydrogens is 713 g/mol. The third-order valence-corrected chi connectivity index (χ3v) is 9.93. The lowest BCUT2D eigenvalue weighted by atomic mass is 10.2. The number of carbonyl (C=O) groups is 2. The highest BCUT2D eigenvalue weighted by Gasteiger charge is 2.17. The molecule has 0 saturated heterocycles. The molecule has 6 aromatic rings. The van der Waals surface area contributed by atoms with Gasteiger partial charge in [-0.05, 0) is 93.1 Å². The second-order valence-corrected chi connectivity index (χ2v) is 13.6. The van der Waals surface area contributed by atoms with Crippen LogP contribution in [0.5, 0.6) is 11.5 Å². The van der Waals surface area contributed by atoms with Gasteiger partial charge in [0.15, 0.2) is 10.3 Å². The summed E-state index contributed by atoms with van der Waals surface area (Å²) in [5.41, 5.74) is 1.82. The lowest BCUT2D eigenvalue weighted by Crippen LogP contribution is -2.27. The van der Waals surface area contributed by atoms with Crippen LogP contribution in [0.4, 0.5) is 11.4 Å². The van der Waals surface area contributed by atoms with Crippen LogP contribution in [0, 0.1) is 0 Å². The fourth-order valence-corrected chi connectivity index (χ4v) is 7.20. The second kappa shape index (κ2) is 17.8. The number of anilines is 2. The van der Waals surface area contributed by atoms with Gasteiger partial charge in [-0.25, -0.2) is 9.97 Å². The van der Waals surface area contributed by atoms with Gasteiger partial charge in [-0.3, -0.25) is 28.3 Å². The third kappa shape index (κ3) is 9.45. The smallest absolute Gasteiger partial charge is 0.262 e. The van der Waals surface area contributed by atoms with E-state index in [0.29, 0.717) is 74.6 Å². The highest BCUT2D eigenvalue weighted by molar-refractivity contribution is 8.00. The zero-order chi connectivity index (χ0) is 37.2. The Bertz CT molecular complexity index is 2180. The van der Waals surface area contributed by atoms with Crippen LogP contribution < -0.4 is 31.2 Å². The summed E-state index contributed by atoms with van der Waals surface area (Å²) in [6.07, 6.45) is 0.373. The van der Waals surface area contributed by atoms with Crippen molar-refractivity contribution in [2.45, 2.75) is 43.7 Å². The summed E-state index contributed by atoms with van der Waals surface area (Å²) >= 11 is 2.33. The first-order chi connectivity index (χ1) is 25.8. The van der Waals surface area contributed by atoms with E-state index in [1.807, 2.05) is 26.0 Å². The zero-order valence-corrected chi connectivity index (χ0v) is 30.9. The van der Waals surface area contributed by atoms with Gasteiger partial charge in [-0.2, -0.15) is 0 Å². The minimum atomic E-state index is -0.255. The van der Waals surface area contributed by atoms with Gasteiger partial charge < -0.3 is 20.1 Å². The summed E-state index contributed by atoms with van der Waals surface area (Å²) in [6.45, 7) is 5.34. The molecule has 0 fully saturated rings. The van der Waals surface area contributed by atoms with E-state index >= 15 is 0 Å². The molecule has 0 atom stereocenters.